The largest absolute Gasteiger partial charge is 0.311 e. The van der Waals surface area contributed by atoms with Crippen molar-refractivity contribution in [2.24, 2.45) is 0 Å². The SMILES string of the molecule is O=C(CCCn1cnnn1)Nc1ccc(Cl)cn1. The van der Waals surface area contributed by atoms with Gasteiger partial charge in [-0.1, -0.05) is 11.6 Å². The molecule has 0 aromatic carbocycles. The zero-order valence-corrected chi connectivity index (χ0v) is 10.2. The van der Waals surface area contributed by atoms with E-state index < -0.39 is 0 Å². The first-order chi connectivity index (χ1) is 8.74. The smallest absolute Gasteiger partial charge is 0.225 e. The van der Waals surface area contributed by atoms with E-state index in [1.54, 1.807) is 16.8 Å². The number of amides is 1. The number of pyridine rings is 1. The first kappa shape index (κ1) is 12.4. The van der Waals surface area contributed by atoms with Crippen molar-refractivity contribution < 1.29 is 4.79 Å². The van der Waals surface area contributed by atoms with Crippen LogP contribution in [0.25, 0.3) is 0 Å². The quantitative estimate of drug-likeness (QED) is 0.877. The number of carbonyl (C=O) groups excluding carboxylic acids is 1. The lowest BCUT2D eigenvalue weighted by Gasteiger charge is -2.04. The van der Waals surface area contributed by atoms with E-state index in [9.17, 15) is 4.79 Å². The van der Waals surface area contributed by atoms with Gasteiger partial charge >= 0.3 is 0 Å². The van der Waals surface area contributed by atoms with Crippen LogP contribution in [0.3, 0.4) is 0 Å². The van der Waals surface area contributed by atoms with Crippen molar-refractivity contribution in [3.8, 4) is 0 Å². The summed E-state index contributed by atoms with van der Waals surface area (Å²) in [5.74, 6) is 0.393. The second kappa shape index (κ2) is 6.06. The van der Waals surface area contributed by atoms with Crippen LogP contribution in [0, 0.1) is 0 Å². The normalized spacial score (nSPS) is 10.3. The number of aromatic nitrogens is 5. The number of carbonyl (C=O) groups is 1. The molecule has 2 heterocycles. The van der Waals surface area contributed by atoms with Crippen molar-refractivity contribution in [2.75, 3.05) is 5.32 Å². The van der Waals surface area contributed by atoms with Gasteiger partial charge in [-0.25, -0.2) is 9.67 Å². The van der Waals surface area contributed by atoms with Crippen LogP contribution in [-0.2, 0) is 11.3 Å². The topological polar surface area (TPSA) is 85.6 Å². The minimum absolute atomic E-state index is 0.0992. The molecule has 7 nitrogen and oxygen atoms in total. The average Bonchev–Trinajstić information content (AvgIpc) is 2.85. The van der Waals surface area contributed by atoms with Gasteiger partial charge in [0.15, 0.2) is 0 Å². The summed E-state index contributed by atoms with van der Waals surface area (Å²) < 4.78 is 1.58. The molecule has 1 amide bonds. The zero-order valence-electron chi connectivity index (χ0n) is 9.45. The highest BCUT2D eigenvalue weighted by Gasteiger charge is 2.03. The molecule has 0 bridgehead atoms. The number of hydrogen-bond donors (Lipinski definition) is 1. The van der Waals surface area contributed by atoms with Gasteiger partial charge in [0.05, 0.1) is 5.02 Å². The molecule has 0 unspecified atom stereocenters. The predicted octanol–water partition coefficient (Wildman–Crippen LogP) is 1.14. The Balaban J connectivity index is 1.73. The zero-order chi connectivity index (χ0) is 12.8. The van der Waals surface area contributed by atoms with Gasteiger partial charge < -0.3 is 5.32 Å². The molecule has 0 spiro atoms. The summed E-state index contributed by atoms with van der Waals surface area (Å²) in [5.41, 5.74) is 0. The summed E-state index contributed by atoms with van der Waals surface area (Å²) in [7, 11) is 0. The van der Waals surface area contributed by atoms with Crippen LogP contribution in [0.15, 0.2) is 24.7 Å². The Morgan fingerprint density at radius 3 is 3.00 bits per heavy atom. The molecule has 0 saturated heterocycles. The lowest BCUT2D eigenvalue weighted by Crippen LogP contribution is -2.13. The van der Waals surface area contributed by atoms with Crippen LogP contribution in [0.5, 0.6) is 0 Å². The highest BCUT2D eigenvalue weighted by molar-refractivity contribution is 6.30. The number of anilines is 1. The van der Waals surface area contributed by atoms with Gasteiger partial charge in [-0.2, -0.15) is 0 Å². The standard InChI is InChI=1S/C10H11ClN6O/c11-8-3-4-9(12-6-8)14-10(18)2-1-5-17-7-13-15-16-17/h3-4,6-7H,1-2,5H2,(H,12,14,18). The Hall–Kier alpha value is -2.02. The third-order valence-corrected chi connectivity index (χ3v) is 2.40. The molecule has 0 aliphatic rings. The fourth-order valence-corrected chi connectivity index (χ4v) is 1.45. The molecular formula is C10H11ClN6O. The predicted molar refractivity (Wildman–Crippen MR) is 64.9 cm³/mol. The van der Waals surface area contributed by atoms with Crippen molar-refractivity contribution >= 4 is 23.3 Å². The van der Waals surface area contributed by atoms with Gasteiger partial charge in [-0.05, 0) is 29.0 Å². The molecule has 0 radical (unpaired) electrons. The van der Waals surface area contributed by atoms with E-state index >= 15 is 0 Å². The molecule has 94 valence electrons. The lowest BCUT2D eigenvalue weighted by molar-refractivity contribution is -0.116. The first-order valence-electron chi connectivity index (χ1n) is 5.36. The van der Waals surface area contributed by atoms with E-state index in [2.05, 4.69) is 25.8 Å². The number of tetrazole rings is 1. The van der Waals surface area contributed by atoms with Crippen LogP contribution >= 0.6 is 11.6 Å². The van der Waals surface area contributed by atoms with Crippen LogP contribution < -0.4 is 5.32 Å². The van der Waals surface area contributed by atoms with Crippen LogP contribution in [-0.4, -0.2) is 31.1 Å². The van der Waals surface area contributed by atoms with Gasteiger partial charge in [0, 0.05) is 19.2 Å². The Bertz CT molecular complexity index is 498. The van der Waals surface area contributed by atoms with E-state index in [0.717, 1.165) is 0 Å². The van der Waals surface area contributed by atoms with Crippen molar-refractivity contribution in [3.05, 3.63) is 29.7 Å². The van der Waals surface area contributed by atoms with Gasteiger partial charge in [0.25, 0.3) is 0 Å². The Labute approximate surface area is 108 Å². The van der Waals surface area contributed by atoms with Crippen molar-refractivity contribution in [1.82, 2.24) is 25.2 Å². The summed E-state index contributed by atoms with van der Waals surface area (Å²) in [6.07, 6.45) is 4.03. The number of nitrogens with one attached hydrogen (secondary N) is 1. The van der Waals surface area contributed by atoms with E-state index in [1.165, 1.54) is 12.5 Å². The van der Waals surface area contributed by atoms with Gasteiger partial charge in [-0.15, -0.1) is 5.10 Å². The molecule has 2 aromatic heterocycles. The second-order valence-electron chi connectivity index (χ2n) is 3.59. The number of nitrogens with zero attached hydrogens (tertiary/aromatic N) is 5. The number of halogens is 1. The molecule has 0 aliphatic carbocycles. The molecule has 1 N–H and O–H groups in total. The molecule has 18 heavy (non-hydrogen) atoms. The van der Waals surface area contributed by atoms with Crippen LogP contribution in [0.4, 0.5) is 5.82 Å². The van der Waals surface area contributed by atoms with Crippen molar-refractivity contribution in [2.45, 2.75) is 19.4 Å². The lowest BCUT2D eigenvalue weighted by atomic mass is 10.3. The first-order valence-corrected chi connectivity index (χ1v) is 5.74. The molecule has 0 saturated carbocycles. The van der Waals surface area contributed by atoms with Crippen LogP contribution in [0.1, 0.15) is 12.8 Å². The van der Waals surface area contributed by atoms with Gasteiger partial charge in [0.1, 0.15) is 12.1 Å². The minimum atomic E-state index is -0.0992. The van der Waals surface area contributed by atoms with Gasteiger partial charge in [0.2, 0.25) is 5.91 Å². The summed E-state index contributed by atoms with van der Waals surface area (Å²) in [4.78, 5) is 15.6. The fourth-order valence-electron chi connectivity index (χ4n) is 1.34. The highest BCUT2D eigenvalue weighted by atomic mass is 35.5. The second-order valence-corrected chi connectivity index (χ2v) is 4.02. The fraction of sp³-hybridized carbons (Fsp3) is 0.300. The monoisotopic (exact) mass is 266 g/mol. The number of aryl methyl sites for hydroxylation is 1. The van der Waals surface area contributed by atoms with E-state index in [-0.39, 0.29) is 5.91 Å². The maximum Gasteiger partial charge on any atom is 0.225 e. The maximum absolute atomic E-state index is 11.6. The van der Waals surface area contributed by atoms with E-state index in [4.69, 9.17) is 11.6 Å². The molecule has 0 fully saturated rings. The summed E-state index contributed by atoms with van der Waals surface area (Å²) in [6, 6.07) is 3.33. The van der Waals surface area contributed by atoms with Crippen molar-refractivity contribution in [3.63, 3.8) is 0 Å². The number of rotatable bonds is 5. The molecule has 0 aliphatic heterocycles. The third kappa shape index (κ3) is 3.77. The molecule has 8 heteroatoms. The number of hydrogen-bond acceptors (Lipinski definition) is 5. The summed E-state index contributed by atoms with van der Waals surface area (Å²) in [5, 5.41) is 13.9. The summed E-state index contributed by atoms with van der Waals surface area (Å²) in [6.45, 7) is 0.606. The molecule has 0 atom stereocenters. The van der Waals surface area contributed by atoms with Crippen molar-refractivity contribution in [1.29, 1.82) is 0 Å². The minimum Gasteiger partial charge on any atom is -0.311 e. The Kier molecular flexibility index (Phi) is 4.19. The van der Waals surface area contributed by atoms with Crippen LogP contribution in [0.2, 0.25) is 5.02 Å². The molecular weight excluding hydrogens is 256 g/mol. The molecule has 2 rings (SSSR count). The Morgan fingerprint density at radius 2 is 2.33 bits per heavy atom. The molecule has 2 aromatic rings. The highest BCUT2D eigenvalue weighted by Crippen LogP contribution is 2.09. The Morgan fingerprint density at radius 1 is 1.44 bits per heavy atom. The van der Waals surface area contributed by atoms with Gasteiger partial charge in [-0.3, -0.25) is 4.79 Å². The third-order valence-electron chi connectivity index (χ3n) is 2.18. The summed E-state index contributed by atoms with van der Waals surface area (Å²) >= 11 is 5.69. The van der Waals surface area contributed by atoms with E-state index in [0.29, 0.717) is 30.2 Å². The van der Waals surface area contributed by atoms with E-state index in [1.807, 2.05) is 0 Å². The average molecular weight is 267 g/mol. The maximum atomic E-state index is 11.6.